The minimum atomic E-state index is -0.992. The highest BCUT2D eigenvalue weighted by Gasteiger charge is 2.29. The van der Waals surface area contributed by atoms with Crippen molar-refractivity contribution in [3.63, 3.8) is 0 Å². The van der Waals surface area contributed by atoms with Crippen molar-refractivity contribution in [1.29, 1.82) is 0 Å². The molecule has 0 amide bonds. The first kappa shape index (κ1) is 11.7. The van der Waals surface area contributed by atoms with Gasteiger partial charge >= 0.3 is 17.8 Å². The van der Waals surface area contributed by atoms with Gasteiger partial charge in [-0.1, -0.05) is 0 Å². The summed E-state index contributed by atoms with van der Waals surface area (Å²) in [7, 11) is 2.12. The molecule has 86 valence electrons. The maximum Gasteiger partial charge on any atom is 0.434 e. The van der Waals surface area contributed by atoms with E-state index in [1.165, 1.54) is 0 Å². The van der Waals surface area contributed by atoms with Crippen LogP contribution < -0.4 is 0 Å². The summed E-state index contributed by atoms with van der Waals surface area (Å²) in [5.41, 5.74) is -0.346. The van der Waals surface area contributed by atoms with Crippen LogP contribution in [-0.4, -0.2) is 31.1 Å². The molecule has 0 fully saturated rings. The van der Waals surface area contributed by atoms with Crippen LogP contribution in [0.15, 0.2) is 10.5 Å². The molecule has 0 saturated heterocycles. The number of hydrogen-bond donors (Lipinski definition) is 0. The standard InChI is InChI=1S/C8H7NO7/c1-14-7(10)4-3-5(9(12)13)16-6(4)8(11)15-2/h3H,1-2H3. The lowest BCUT2D eigenvalue weighted by Crippen LogP contribution is -2.08. The first-order chi connectivity index (χ1) is 7.51. The Kier molecular flexibility index (Phi) is 3.24. The number of rotatable bonds is 3. The summed E-state index contributed by atoms with van der Waals surface area (Å²) in [5, 5.41) is 10.4. The first-order valence-electron chi connectivity index (χ1n) is 3.96. The molecule has 16 heavy (non-hydrogen) atoms. The molecule has 0 aliphatic heterocycles. The Morgan fingerprint density at radius 2 is 1.88 bits per heavy atom. The summed E-state index contributed by atoms with van der Waals surface area (Å²) < 4.78 is 13.2. The van der Waals surface area contributed by atoms with E-state index in [1.54, 1.807) is 0 Å². The van der Waals surface area contributed by atoms with Gasteiger partial charge < -0.3 is 13.9 Å². The zero-order valence-electron chi connectivity index (χ0n) is 8.38. The van der Waals surface area contributed by atoms with E-state index in [2.05, 4.69) is 13.9 Å². The van der Waals surface area contributed by atoms with Crippen molar-refractivity contribution in [2.75, 3.05) is 14.2 Å². The summed E-state index contributed by atoms with van der Waals surface area (Å²) >= 11 is 0. The van der Waals surface area contributed by atoms with Crippen LogP contribution in [0.4, 0.5) is 5.88 Å². The lowest BCUT2D eigenvalue weighted by Gasteiger charge is -1.97. The van der Waals surface area contributed by atoms with E-state index in [1.807, 2.05) is 0 Å². The second-order valence-corrected chi connectivity index (χ2v) is 2.57. The molecule has 0 spiro atoms. The first-order valence-corrected chi connectivity index (χ1v) is 3.96. The van der Waals surface area contributed by atoms with E-state index < -0.39 is 28.5 Å². The van der Waals surface area contributed by atoms with Crippen molar-refractivity contribution in [2.45, 2.75) is 0 Å². The van der Waals surface area contributed by atoms with Crippen molar-refractivity contribution in [3.05, 3.63) is 27.5 Å². The number of carbonyl (C=O) groups excluding carboxylic acids is 2. The van der Waals surface area contributed by atoms with Gasteiger partial charge in [-0.05, 0) is 0 Å². The molecule has 0 aliphatic rings. The van der Waals surface area contributed by atoms with Crippen LogP contribution >= 0.6 is 0 Å². The van der Waals surface area contributed by atoms with E-state index in [-0.39, 0.29) is 5.56 Å². The molecule has 0 bridgehead atoms. The second-order valence-electron chi connectivity index (χ2n) is 2.57. The number of nitrogens with zero attached hydrogens (tertiary/aromatic N) is 1. The molecule has 0 unspecified atom stereocenters. The number of hydrogen-bond acceptors (Lipinski definition) is 7. The summed E-state index contributed by atoms with van der Waals surface area (Å²) in [6.07, 6.45) is 0. The van der Waals surface area contributed by atoms with Crippen molar-refractivity contribution >= 4 is 17.8 Å². The van der Waals surface area contributed by atoms with Crippen LogP contribution in [0.1, 0.15) is 20.9 Å². The van der Waals surface area contributed by atoms with E-state index in [0.29, 0.717) is 0 Å². The summed E-state index contributed by atoms with van der Waals surface area (Å²) in [6.45, 7) is 0. The molecule has 1 heterocycles. The van der Waals surface area contributed by atoms with Crippen molar-refractivity contribution in [3.8, 4) is 0 Å². The minimum Gasteiger partial charge on any atom is -0.465 e. The maximum atomic E-state index is 11.2. The largest absolute Gasteiger partial charge is 0.465 e. The summed E-state index contributed by atoms with van der Waals surface area (Å²) in [5.74, 6) is -3.20. The van der Waals surface area contributed by atoms with Crippen LogP contribution in [0.2, 0.25) is 0 Å². The van der Waals surface area contributed by atoms with Crippen LogP contribution in [0.3, 0.4) is 0 Å². The Morgan fingerprint density at radius 3 is 2.31 bits per heavy atom. The highest BCUT2D eigenvalue weighted by Crippen LogP contribution is 2.23. The zero-order valence-corrected chi connectivity index (χ0v) is 8.38. The van der Waals surface area contributed by atoms with Crippen LogP contribution in [0.5, 0.6) is 0 Å². The number of nitro groups is 1. The average Bonchev–Trinajstić information content (AvgIpc) is 2.71. The third kappa shape index (κ3) is 2.00. The fourth-order valence-electron chi connectivity index (χ4n) is 0.974. The Balaban J connectivity index is 3.28. The summed E-state index contributed by atoms with van der Waals surface area (Å²) in [4.78, 5) is 31.8. The quantitative estimate of drug-likeness (QED) is 0.427. The van der Waals surface area contributed by atoms with Crippen molar-refractivity contribution in [2.24, 2.45) is 0 Å². The molecule has 1 aromatic heterocycles. The van der Waals surface area contributed by atoms with Gasteiger partial charge in [0.15, 0.2) is 0 Å². The molecular formula is C8H7NO7. The molecule has 8 nitrogen and oxygen atoms in total. The predicted octanol–water partition coefficient (Wildman–Crippen LogP) is 0.761. The Morgan fingerprint density at radius 1 is 1.31 bits per heavy atom. The van der Waals surface area contributed by atoms with E-state index >= 15 is 0 Å². The molecule has 0 radical (unpaired) electrons. The third-order valence-corrected chi connectivity index (χ3v) is 1.68. The molecule has 0 aromatic carbocycles. The fraction of sp³-hybridized carbons (Fsp3) is 0.250. The van der Waals surface area contributed by atoms with Crippen LogP contribution in [0.25, 0.3) is 0 Å². The molecular weight excluding hydrogens is 222 g/mol. The lowest BCUT2D eigenvalue weighted by molar-refractivity contribution is -0.402. The van der Waals surface area contributed by atoms with E-state index in [9.17, 15) is 19.7 Å². The number of esters is 2. The predicted molar refractivity (Wildman–Crippen MR) is 48.0 cm³/mol. The molecule has 1 aromatic rings. The molecule has 0 saturated carbocycles. The molecule has 1 rings (SSSR count). The molecule has 8 heteroatoms. The molecule has 0 N–H and O–H groups in total. The van der Waals surface area contributed by atoms with Gasteiger partial charge in [-0.25, -0.2) is 9.59 Å². The smallest absolute Gasteiger partial charge is 0.434 e. The van der Waals surface area contributed by atoms with Crippen LogP contribution in [-0.2, 0) is 9.47 Å². The lowest BCUT2D eigenvalue weighted by atomic mass is 10.2. The third-order valence-electron chi connectivity index (χ3n) is 1.68. The number of furan rings is 1. The molecule has 0 aliphatic carbocycles. The number of methoxy groups -OCH3 is 2. The van der Waals surface area contributed by atoms with E-state index in [4.69, 9.17) is 0 Å². The normalized spacial score (nSPS) is 9.62. The zero-order chi connectivity index (χ0) is 12.3. The van der Waals surface area contributed by atoms with Gasteiger partial charge in [-0.2, -0.15) is 0 Å². The topological polar surface area (TPSA) is 109 Å². The highest BCUT2D eigenvalue weighted by molar-refractivity contribution is 6.01. The van der Waals surface area contributed by atoms with Gasteiger partial charge in [0.25, 0.3) is 0 Å². The number of carbonyl (C=O) groups is 2. The Hall–Kier alpha value is -2.38. The van der Waals surface area contributed by atoms with Gasteiger partial charge in [0.05, 0.1) is 20.3 Å². The minimum absolute atomic E-state index is 0.346. The average molecular weight is 229 g/mol. The van der Waals surface area contributed by atoms with Crippen molar-refractivity contribution < 1.29 is 28.4 Å². The number of ether oxygens (including phenoxy) is 2. The summed E-state index contributed by atoms with van der Waals surface area (Å²) in [6, 6.07) is 0.804. The van der Waals surface area contributed by atoms with Gasteiger partial charge in [-0.3, -0.25) is 10.1 Å². The van der Waals surface area contributed by atoms with Gasteiger partial charge in [-0.15, -0.1) is 0 Å². The van der Waals surface area contributed by atoms with Crippen LogP contribution in [0, 0.1) is 10.1 Å². The van der Waals surface area contributed by atoms with Gasteiger partial charge in [0, 0.05) is 0 Å². The van der Waals surface area contributed by atoms with Gasteiger partial charge in [0.2, 0.25) is 5.76 Å². The fourth-order valence-corrected chi connectivity index (χ4v) is 0.974. The van der Waals surface area contributed by atoms with Gasteiger partial charge in [0.1, 0.15) is 10.5 Å². The Labute approximate surface area is 88.9 Å². The monoisotopic (exact) mass is 229 g/mol. The molecule has 0 atom stereocenters. The Bertz CT molecular complexity index is 414. The van der Waals surface area contributed by atoms with Crippen molar-refractivity contribution in [1.82, 2.24) is 0 Å². The maximum absolute atomic E-state index is 11.2. The van der Waals surface area contributed by atoms with E-state index in [0.717, 1.165) is 20.3 Å². The highest BCUT2D eigenvalue weighted by atomic mass is 16.7. The second kappa shape index (κ2) is 4.43. The SMILES string of the molecule is COC(=O)c1cc([N+](=O)[O-])oc1C(=O)OC.